The quantitative estimate of drug-likeness (QED) is 0.753. The predicted molar refractivity (Wildman–Crippen MR) is 65.6 cm³/mol. The van der Waals surface area contributed by atoms with E-state index in [-0.39, 0.29) is 0 Å². The lowest BCUT2D eigenvalue weighted by Gasteiger charge is -2.17. The summed E-state index contributed by atoms with van der Waals surface area (Å²) in [4.78, 5) is 0. The van der Waals surface area contributed by atoms with E-state index in [1.807, 2.05) is 6.07 Å². The van der Waals surface area contributed by atoms with Gasteiger partial charge in [0.05, 0.1) is 6.07 Å². The first-order chi connectivity index (χ1) is 8.08. The van der Waals surface area contributed by atoms with Crippen LogP contribution >= 0.6 is 0 Å². The molecule has 2 aliphatic rings. The molecule has 2 saturated carbocycles. The van der Waals surface area contributed by atoms with Crippen molar-refractivity contribution in [1.82, 2.24) is 4.72 Å². The maximum absolute atomic E-state index is 11.8. The topological polar surface area (TPSA) is 70.0 Å². The maximum atomic E-state index is 11.8. The van der Waals surface area contributed by atoms with Crippen LogP contribution in [-0.2, 0) is 10.0 Å². The molecule has 0 amide bonds. The van der Waals surface area contributed by atoms with E-state index >= 15 is 0 Å². The summed E-state index contributed by atoms with van der Waals surface area (Å²) >= 11 is 0. The predicted octanol–water partition coefficient (Wildman–Crippen LogP) is 1.64. The van der Waals surface area contributed by atoms with Gasteiger partial charge < -0.3 is 0 Å². The van der Waals surface area contributed by atoms with Crippen molar-refractivity contribution in [2.75, 3.05) is 6.54 Å². The summed E-state index contributed by atoms with van der Waals surface area (Å²) in [6, 6.07) is 1.85. The van der Waals surface area contributed by atoms with Crippen molar-refractivity contribution < 1.29 is 8.42 Å². The Morgan fingerprint density at radius 1 is 1.29 bits per heavy atom. The van der Waals surface area contributed by atoms with E-state index in [2.05, 4.69) is 4.72 Å². The SMILES string of the molecule is CCC(C#N)S(=O)(=O)NCC(C1CC1)C1CC1. The van der Waals surface area contributed by atoms with Gasteiger partial charge in [0.25, 0.3) is 0 Å². The zero-order chi connectivity index (χ0) is 12.5. The summed E-state index contributed by atoms with van der Waals surface area (Å²) in [6.45, 7) is 2.27. The van der Waals surface area contributed by atoms with Crippen molar-refractivity contribution in [3.8, 4) is 6.07 Å². The molecule has 0 saturated heterocycles. The Morgan fingerprint density at radius 2 is 1.82 bits per heavy atom. The molecule has 1 N–H and O–H groups in total. The summed E-state index contributed by atoms with van der Waals surface area (Å²) < 4.78 is 26.4. The van der Waals surface area contributed by atoms with Gasteiger partial charge in [-0.3, -0.25) is 0 Å². The van der Waals surface area contributed by atoms with Crippen LogP contribution in [0, 0.1) is 29.1 Å². The molecule has 1 unspecified atom stereocenters. The number of nitriles is 1. The molecule has 0 heterocycles. The summed E-state index contributed by atoms with van der Waals surface area (Å²) in [7, 11) is -3.44. The fourth-order valence-electron chi connectivity index (χ4n) is 2.46. The van der Waals surface area contributed by atoms with Gasteiger partial charge in [0, 0.05) is 6.54 Å². The largest absolute Gasteiger partial charge is 0.227 e. The van der Waals surface area contributed by atoms with Crippen molar-refractivity contribution in [2.45, 2.75) is 44.3 Å². The molecule has 0 spiro atoms. The van der Waals surface area contributed by atoms with Gasteiger partial charge in [-0.05, 0) is 49.9 Å². The van der Waals surface area contributed by atoms with Crippen LogP contribution in [0.15, 0.2) is 0 Å². The van der Waals surface area contributed by atoms with Crippen LogP contribution in [0.1, 0.15) is 39.0 Å². The highest BCUT2D eigenvalue weighted by molar-refractivity contribution is 7.90. The molecule has 2 aliphatic carbocycles. The van der Waals surface area contributed by atoms with Crippen LogP contribution in [0.25, 0.3) is 0 Å². The molecule has 2 fully saturated rings. The molecule has 4 nitrogen and oxygen atoms in total. The summed E-state index contributed by atoms with van der Waals surface area (Å²) in [5, 5.41) is 7.90. The summed E-state index contributed by atoms with van der Waals surface area (Å²) in [5.74, 6) is 1.97. The third-order valence-electron chi connectivity index (χ3n) is 3.86. The van der Waals surface area contributed by atoms with Crippen LogP contribution in [-0.4, -0.2) is 20.2 Å². The van der Waals surface area contributed by atoms with Gasteiger partial charge in [0.2, 0.25) is 10.0 Å². The Hall–Kier alpha value is -0.600. The number of nitrogens with zero attached hydrogens (tertiary/aromatic N) is 1. The van der Waals surface area contributed by atoms with E-state index in [0.717, 1.165) is 11.8 Å². The van der Waals surface area contributed by atoms with Crippen LogP contribution in [0.5, 0.6) is 0 Å². The fraction of sp³-hybridized carbons (Fsp3) is 0.917. The normalized spacial score (nSPS) is 22.4. The molecule has 0 aromatic heterocycles. The second-order valence-electron chi connectivity index (χ2n) is 5.26. The highest BCUT2D eigenvalue weighted by Gasteiger charge is 2.41. The van der Waals surface area contributed by atoms with E-state index in [1.54, 1.807) is 6.92 Å². The van der Waals surface area contributed by atoms with Gasteiger partial charge in [-0.2, -0.15) is 5.26 Å². The maximum Gasteiger partial charge on any atom is 0.227 e. The second kappa shape index (κ2) is 4.95. The molecule has 0 radical (unpaired) electrons. The molecule has 0 aromatic rings. The molecule has 0 aromatic carbocycles. The standard InChI is InChI=1S/C12H20N2O2S/c1-2-11(7-13)17(15,16)14-8-12(9-3-4-9)10-5-6-10/h9-12,14H,2-6,8H2,1H3. The van der Waals surface area contributed by atoms with E-state index in [0.29, 0.717) is 18.9 Å². The minimum Gasteiger partial charge on any atom is -0.214 e. The molecule has 1 atom stereocenters. The summed E-state index contributed by atoms with van der Waals surface area (Å²) in [6.07, 6.45) is 5.34. The van der Waals surface area contributed by atoms with Crippen molar-refractivity contribution in [3.05, 3.63) is 0 Å². The minimum absolute atomic E-state index is 0.351. The Morgan fingerprint density at radius 3 is 2.18 bits per heavy atom. The minimum atomic E-state index is -3.44. The molecule has 2 rings (SSSR count). The average molecular weight is 256 g/mol. The Balaban J connectivity index is 1.89. The van der Waals surface area contributed by atoms with E-state index in [4.69, 9.17) is 5.26 Å². The van der Waals surface area contributed by atoms with Gasteiger partial charge >= 0.3 is 0 Å². The van der Waals surface area contributed by atoms with Crippen molar-refractivity contribution in [2.24, 2.45) is 17.8 Å². The van der Waals surface area contributed by atoms with Gasteiger partial charge in [0.1, 0.15) is 0 Å². The number of rotatable bonds is 7. The zero-order valence-electron chi connectivity index (χ0n) is 10.2. The Bertz CT molecular complexity index is 393. The Labute approximate surface area is 103 Å². The van der Waals surface area contributed by atoms with Gasteiger partial charge in [0.15, 0.2) is 5.25 Å². The van der Waals surface area contributed by atoms with E-state index in [1.165, 1.54) is 25.7 Å². The van der Waals surface area contributed by atoms with Crippen molar-refractivity contribution in [3.63, 3.8) is 0 Å². The zero-order valence-corrected chi connectivity index (χ0v) is 11.0. The number of hydrogen-bond donors (Lipinski definition) is 1. The molecular weight excluding hydrogens is 236 g/mol. The molecule has 0 bridgehead atoms. The lowest BCUT2D eigenvalue weighted by molar-refractivity contribution is 0.401. The molecule has 5 heteroatoms. The first-order valence-corrected chi connectivity index (χ1v) is 8.01. The van der Waals surface area contributed by atoms with Crippen LogP contribution in [0.4, 0.5) is 0 Å². The van der Waals surface area contributed by atoms with Gasteiger partial charge in [-0.1, -0.05) is 6.92 Å². The van der Waals surface area contributed by atoms with Crippen LogP contribution < -0.4 is 4.72 Å². The van der Waals surface area contributed by atoms with E-state index < -0.39 is 15.3 Å². The van der Waals surface area contributed by atoms with Gasteiger partial charge in [-0.25, -0.2) is 13.1 Å². The molecule has 0 aliphatic heterocycles. The smallest absolute Gasteiger partial charge is 0.214 e. The Kier molecular flexibility index (Phi) is 3.74. The van der Waals surface area contributed by atoms with Gasteiger partial charge in [-0.15, -0.1) is 0 Å². The number of hydrogen-bond acceptors (Lipinski definition) is 3. The first-order valence-electron chi connectivity index (χ1n) is 6.46. The van der Waals surface area contributed by atoms with Crippen LogP contribution in [0.2, 0.25) is 0 Å². The first kappa shape index (κ1) is 12.8. The molecular formula is C12H20N2O2S. The highest BCUT2D eigenvalue weighted by Crippen LogP contribution is 2.48. The number of sulfonamides is 1. The monoisotopic (exact) mass is 256 g/mol. The van der Waals surface area contributed by atoms with Crippen molar-refractivity contribution >= 4 is 10.0 Å². The summed E-state index contributed by atoms with van der Waals surface area (Å²) in [5.41, 5.74) is 0. The van der Waals surface area contributed by atoms with Crippen LogP contribution in [0.3, 0.4) is 0 Å². The third-order valence-corrected chi connectivity index (χ3v) is 5.62. The highest BCUT2D eigenvalue weighted by atomic mass is 32.2. The molecule has 17 heavy (non-hydrogen) atoms. The fourth-order valence-corrected chi connectivity index (χ4v) is 3.66. The lowest BCUT2D eigenvalue weighted by atomic mass is 9.99. The average Bonchev–Trinajstić information content (AvgIpc) is 3.14. The number of nitrogens with one attached hydrogen (secondary N) is 1. The van der Waals surface area contributed by atoms with Crippen molar-refractivity contribution in [1.29, 1.82) is 5.26 Å². The third kappa shape index (κ3) is 3.20. The second-order valence-corrected chi connectivity index (χ2v) is 7.21. The van der Waals surface area contributed by atoms with E-state index in [9.17, 15) is 8.42 Å². The lowest BCUT2D eigenvalue weighted by Crippen LogP contribution is -2.37. The molecule has 96 valence electrons.